The molecule has 0 unspecified atom stereocenters. The van der Waals surface area contributed by atoms with Crippen LogP contribution in [0.3, 0.4) is 0 Å². The SMILES string of the molecule is CNCCCc1ncc(C(C)C)[nH]1. The van der Waals surface area contributed by atoms with Crippen LogP contribution in [0.25, 0.3) is 0 Å². The van der Waals surface area contributed by atoms with Crippen LogP contribution >= 0.6 is 0 Å². The Morgan fingerprint density at radius 2 is 2.31 bits per heavy atom. The molecule has 0 saturated heterocycles. The van der Waals surface area contributed by atoms with E-state index in [2.05, 4.69) is 29.1 Å². The first-order chi connectivity index (χ1) is 6.24. The predicted octanol–water partition coefficient (Wildman–Crippen LogP) is 1.69. The summed E-state index contributed by atoms with van der Waals surface area (Å²) in [6.07, 6.45) is 4.12. The zero-order valence-corrected chi connectivity index (χ0v) is 8.72. The fourth-order valence-corrected chi connectivity index (χ4v) is 1.23. The number of nitrogens with zero attached hydrogens (tertiary/aromatic N) is 1. The first-order valence-corrected chi connectivity index (χ1v) is 4.92. The molecular formula is C10H19N3. The van der Waals surface area contributed by atoms with Gasteiger partial charge in [-0.15, -0.1) is 0 Å². The maximum absolute atomic E-state index is 4.33. The number of aromatic amines is 1. The minimum absolute atomic E-state index is 0.547. The summed E-state index contributed by atoms with van der Waals surface area (Å²) >= 11 is 0. The molecule has 1 aromatic rings. The van der Waals surface area contributed by atoms with Crippen molar-refractivity contribution in [3.05, 3.63) is 17.7 Å². The Labute approximate surface area is 80.0 Å². The van der Waals surface area contributed by atoms with Crippen LogP contribution in [-0.4, -0.2) is 23.6 Å². The van der Waals surface area contributed by atoms with Gasteiger partial charge in [-0.25, -0.2) is 4.98 Å². The lowest BCUT2D eigenvalue weighted by molar-refractivity contribution is 0.704. The number of hydrogen-bond acceptors (Lipinski definition) is 2. The van der Waals surface area contributed by atoms with Crippen LogP contribution in [0.15, 0.2) is 6.20 Å². The van der Waals surface area contributed by atoms with Crippen molar-refractivity contribution in [2.24, 2.45) is 0 Å². The molecule has 0 amide bonds. The van der Waals surface area contributed by atoms with Crippen molar-refractivity contribution >= 4 is 0 Å². The monoisotopic (exact) mass is 181 g/mol. The molecular weight excluding hydrogens is 162 g/mol. The van der Waals surface area contributed by atoms with E-state index in [1.807, 2.05) is 13.2 Å². The molecule has 0 atom stereocenters. The van der Waals surface area contributed by atoms with E-state index in [-0.39, 0.29) is 0 Å². The second-order valence-corrected chi connectivity index (χ2v) is 3.65. The van der Waals surface area contributed by atoms with E-state index in [0.717, 1.165) is 25.2 Å². The summed E-state index contributed by atoms with van der Waals surface area (Å²) < 4.78 is 0. The highest BCUT2D eigenvalue weighted by molar-refractivity contribution is 5.05. The first-order valence-electron chi connectivity index (χ1n) is 4.92. The molecule has 3 nitrogen and oxygen atoms in total. The first kappa shape index (κ1) is 10.3. The molecule has 3 heteroatoms. The van der Waals surface area contributed by atoms with Crippen molar-refractivity contribution < 1.29 is 0 Å². The number of imidazole rings is 1. The summed E-state index contributed by atoms with van der Waals surface area (Å²) in [6.45, 7) is 5.40. The van der Waals surface area contributed by atoms with Crippen LogP contribution in [0.4, 0.5) is 0 Å². The predicted molar refractivity (Wildman–Crippen MR) is 54.9 cm³/mol. The van der Waals surface area contributed by atoms with Gasteiger partial charge >= 0.3 is 0 Å². The zero-order chi connectivity index (χ0) is 9.68. The topological polar surface area (TPSA) is 40.7 Å². The molecule has 0 aliphatic heterocycles. The lowest BCUT2D eigenvalue weighted by Crippen LogP contribution is -2.08. The lowest BCUT2D eigenvalue weighted by Gasteiger charge is -1.99. The van der Waals surface area contributed by atoms with Crippen molar-refractivity contribution in [3.8, 4) is 0 Å². The maximum Gasteiger partial charge on any atom is 0.106 e. The molecule has 0 aliphatic rings. The van der Waals surface area contributed by atoms with Gasteiger partial charge in [0, 0.05) is 18.3 Å². The number of nitrogens with one attached hydrogen (secondary N) is 2. The molecule has 1 rings (SSSR count). The zero-order valence-electron chi connectivity index (χ0n) is 8.72. The summed E-state index contributed by atoms with van der Waals surface area (Å²) in [5.41, 5.74) is 1.24. The minimum atomic E-state index is 0.547. The van der Waals surface area contributed by atoms with E-state index in [9.17, 15) is 0 Å². The van der Waals surface area contributed by atoms with Crippen molar-refractivity contribution in [1.82, 2.24) is 15.3 Å². The normalized spacial score (nSPS) is 11.1. The number of aromatic nitrogens is 2. The van der Waals surface area contributed by atoms with Crippen LogP contribution < -0.4 is 5.32 Å². The fourth-order valence-electron chi connectivity index (χ4n) is 1.23. The van der Waals surface area contributed by atoms with Gasteiger partial charge in [-0.1, -0.05) is 13.8 Å². The third-order valence-corrected chi connectivity index (χ3v) is 2.11. The molecule has 0 aromatic carbocycles. The maximum atomic E-state index is 4.33. The largest absolute Gasteiger partial charge is 0.346 e. The molecule has 1 aromatic heterocycles. The fraction of sp³-hybridized carbons (Fsp3) is 0.700. The Hall–Kier alpha value is -0.830. The summed E-state index contributed by atoms with van der Waals surface area (Å²) in [5.74, 6) is 1.66. The average Bonchev–Trinajstić information content (AvgIpc) is 2.53. The van der Waals surface area contributed by atoms with Crippen LogP contribution in [0, 0.1) is 0 Å². The Balaban J connectivity index is 2.40. The van der Waals surface area contributed by atoms with Gasteiger partial charge in [0.25, 0.3) is 0 Å². The van der Waals surface area contributed by atoms with Gasteiger partial charge in [0.1, 0.15) is 5.82 Å². The number of hydrogen-bond donors (Lipinski definition) is 2. The quantitative estimate of drug-likeness (QED) is 0.679. The van der Waals surface area contributed by atoms with Crippen LogP contribution in [-0.2, 0) is 6.42 Å². The van der Waals surface area contributed by atoms with Gasteiger partial charge < -0.3 is 10.3 Å². The van der Waals surface area contributed by atoms with Crippen LogP contribution in [0.2, 0.25) is 0 Å². The van der Waals surface area contributed by atoms with E-state index in [0.29, 0.717) is 5.92 Å². The van der Waals surface area contributed by atoms with Crippen LogP contribution in [0.5, 0.6) is 0 Å². The van der Waals surface area contributed by atoms with Gasteiger partial charge in [0.05, 0.1) is 0 Å². The summed E-state index contributed by atoms with van der Waals surface area (Å²) in [7, 11) is 1.97. The molecule has 1 heterocycles. The third kappa shape index (κ3) is 3.19. The molecule has 74 valence electrons. The van der Waals surface area contributed by atoms with Crippen LogP contribution in [0.1, 0.15) is 37.7 Å². The molecule has 0 aliphatic carbocycles. The highest BCUT2D eigenvalue weighted by atomic mass is 14.9. The highest BCUT2D eigenvalue weighted by Crippen LogP contribution is 2.11. The Bertz CT molecular complexity index is 240. The molecule has 0 fully saturated rings. The molecule has 0 bridgehead atoms. The van der Waals surface area contributed by atoms with Gasteiger partial charge in [-0.2, -0.15) is 0 Å². The van der Waals surface area contributed by atoms with E-state index in [1.165, 1.54) is 5.69 Å². The average molecular weight is 181 g/mol. The number of aryl methyl sites for hydroxylation is 1. The van der Waals surface area contributed by atoms with Crippen molar-refractivity contribution in [2.75, 3.05) is 13.6 Å². The van der Waals surface area contributed by atoms with Gasteiger partial charge in [-0.3, -0.25) is 0 Å². The second kappa shape index (κ2) is 5.02. The summed E-state index contributed by atoms with van der Waals surface area (Å²) in [6, 6.07) is 0. The van der Waals surface area contributed by atoms with Crippen molar-refractivity contribution in [3.63, 3.8) is 0 Å². The molecule has 2 N–H and O–H groups in total. The van der Waals surface area contributed by atoms with Crippen molar-refractivity contribution in [1.29, 1.82) is 0 Å². The van der Waals surface area contributed by atoms with Gasteiger partial charge in [0.2, 0.25) is 0 Å². The standard InChI is InChI=1S/C10H19N3/c1-8(2)9-7-12-10(13-9)5-4-6-11-3/h7-8,11H,4-6H2,1-3H3,(H,12,13). The Morgan fingerprint density at radius 3 is 2.85 bits per heavy atom. The van der Waals surface area contributed by atoms with E-state index in [1.54, 1.807) is 0 Å². The third-order valence-electron chi connectivity index (χ3n) is 2.11. The second-order valence-electron chi connectivity index (χ2n) is 3.65. The van der Waals surface area contributed by atoms with Gasteiger partial charge in [0.15, 0.2) is 0 Å². The van der Waals surface area contributed by atoms with Gasteiger partial charge in [-0.05, 0) is 25.9 Å². The van der Waals surface area contributed by atoms with E-state index >= 15 is 0 Å². The molecule has 13 heavy (non-hydrogen) atoms. The number of H-pyrrole nitrogens is 1. The minimum Gasteiger partial charge on any atom is -0.346 e. The summed E-state index contributed by atoms with van der Waals surface area (Å²) in [5, 5.41) is 3.13. The Morgan fingerprint density at radius 1 is 1.54 bits per heavy atom. The Kier molecular flexibility index (Phi) is 3.96. The number of rotatable bonds is 5. The smallest absolute Gasteiger partial charge is 0.106 e. The van der Waals surface area contributed by atoms with E-state index in [4.69, 9.17) is 0 Å². The molecule has 0 spiro atoms. The molecule has 0 saturated carbocycles. The summed E-state index contributed by atoms with van der Waals surface area (Å²) in [4.78, 5) is 7.66. The van der Waals surface area contributed by atoms with E-state index < -0.39 is 0 Å². The van der Waals surface area contributed by atoms with Crippen molar-refractivity contribution in [2.45, 2.75) is 32.6 Å². The lowest BCUT2D eigenvalue weighted by atomic mass is 10.2. The molecule has 0 radical (unpaired) electrons. The highest BCUT2D eigenvalue weighted by Gasteiger charge is 2.03.